The van der Waals surface area contributed by atoms with Crippen molar-refractivity contribution in [3.63, 3.8) is 0 Å². The zero-order chi connectivity index (χ0) is 9.78. The molecule has 0 amide bonds. The van der Waals surface area contributed by atoms with Crippen molar-refractivity contribution in [2.75, 3.05) is 13.1 Å². The quantitative estimate of drug-likeness (QED) is 0.607. The molecule has 0 saturated carbocycles. The Morgan fingerprint density at radius 3 is 1.75 bits per heavy atom. The summed E-state index contributed by atoms with van der Waals surface area (Å²) >= 11 is 0. The van der Waals surface area contributed by atoms with Crippen LogP contribution in [-0.4, -0.2) is 22.9 Å². The van der Waals surface area contributed by atoms with Gasteiger partial charge in [0, 0.05) is 0 Å². The highest BCUT2D eigenvalue weighted by Gasteiger charge is 2.25. The lowest BCUT2D eigenvalue weighted by Gasteiger charge is -2.37. The summed E-state index contributed by atoms with van der Waals surface area (Å²) < 4.78 is 2.50. The Morgan fingerprint density at radius 1 is 1.25 bits per heavy atom. The maximum atomic E-state index is 3.93. The first-order chi connectivity index (χ1) is 5.47. The summed E-state index contributed by atoms with van der Waals surface area (Å²) in [6.07, 6.45) is 0. The average Bonchev–Trinajstić information content (AvgIpc) is 1.97. The summed E-state index contributed by atoms with van der Waals surface area (Å²) in [7, 11) is -0.166. The summed E-state index contributed by atoms with van der Waals surface area (Å²) in [5, 5.41) is 0.364. The van der Waals surface area contributed by atoms with Crippen LogP contribution in [0, 0.1) is 0 Å². The van der Waals surface area contributed by atoms with E-state index in [1.165, 1.54) is 0 Å². The van der Waals surface area contributed by atoms with Crippen molar-refractivity contribution in [2.45, 2.75) is 39.8 Å². The first-order valence-corrected chi connectivity index (χ1v) is 6.00. The second-order valence-corrected chi connectivity index (χ2v) is 6.80. The molecule has 0 heterocycles. The molecule has 2 heteroatoms. The van der Waals surface area contributed by atoms with Gasteiger partial charge in [-0.05, 0) is 26.3 Å². The third kappa shape index (κ3) is 3.25. The topological polar surface area (TPSA) is 3.24 Å². The lowest BCUT2D eigenvalue weighted by molar-refractivity contribution is 0.494. The summed E-state index contributed by atoms with van der Waals surface area (Å²) in [4.78, 5) is 0. The van der Waals surface area contributed by atoms with Crippen LogP contribution in [0.5, 0.6) is 0 Å². The largest absolute Gasteiger partial charge is 0.279 e. The van der Waals surface area contributed by atoms with Crippen LogP contribution in [0.15, 0.2) is 12.4 Å². The van der Waals surface area contributed by atoms with E-state index in [9.17, 15) is 0 Å². The van der Waals surface area contributed by atoms with Gasteiger partial charge in [-0.15, -0.1) is 0 Å². The SMILES string of the molecule is C=CP(N(CC)CC)C(C)(C)C. The van der Waals surface area contributed by atoms with E-state index in [1.807, 2.05) is 0 Å². The maximum Gasteiger partial charge on any atom is -0.000486 e. The summed E-state index contributed by atoms with van der Waals surface area (Å²) in [6, 6.07) is 0. The molecule has 1 nitrogen and oxygen atoms in total. The smallest absolute Gasteiger partial charge is 0.000486 e. The van der Waals surface area contributed by atoms with E-state index in [-0.39, 0.29) is 8.07 Å². The van der Waals surface area contributed by atoms with E-state index < -0.39 is 0 Å². The van der Waals surface area contributed by atoms with Gasteiger partial charge in [0.2, 0.25) is 0 Å². The molecular formula is C10H22NP. The Morgan fingerprint density at radius 2 is 1.67 bits per heavy atom. The maximum absolute atomic E-state index is 3.93. The summed E-state index contributed by atoms with van der Waals surface area (Å²) in [5.74, 6) is 2.13. The zero-order valence-corrected chi connectivity index (χ0v) is 9.99. The molecule has 0 aliphatic carbocycles. The van der Waals surface area contributed by atoms with E-state index in [0.29, 0.717) is 5.16 Å². The van der Waals surface area contributed by atoms with Gasteiger partial charge in [-0.3, -0.25) is 4.67 Å². The van der Waals surface area contributed by atoms with Gasteiger partial charge in [0.1, 0.15) is 0 Å². The molecular weight excluding hydrogens is 165 g/mol. The minimum absolute atomic E-state index is 0.166. The van der Waals surface area contributed by atoms with Crippen LogP contribution in [0.4, 0.5) is 0 Å². The predicted molar refractivity (Wildman–Crippen MR) is 59.8 cm³/mol. The molecule has 0 N–H and O–H groups in total. The molecule has 0 saturated heterocycles. The van der Waals surface area contributed by atoms with Crippen LogP contribution in [0.25, 0.3) is 0 Å². The second kappa shape index (κ2) is 4.99. The Bertz CT molecular complexity index is 133. The summed E-state index contributed by atoms with van der Waals surface area (Å²) in [5.41, 5.74) is 0. The van der Waals surface area contributed by atoms with Gasteiger partial charge in [-0.2, -0.15) is 0 Å². The van der Waals surface area contributed by atoms with Crippen LogP contribution >= 0.6 is 8.07 Å². The van der Waals surface area contributed by atoms with E-state index in [1.54, 1.807) is 0 Å². The highest BCUT2D eigenvalue weighted by molar-refractivity contribution is 7.60. The Labute approximate surface area is 78.6 Å². The van der Waals surface area contributed by atoms with Crippen LogP contribution in [0.2, 0.25) is 0 Å². The molecule has 0 aliphatic rings. The fourth-order valence-corrected chi connectivity index (χ4v) is 3.58. The zero-order valence-electron chi connectivity index (χ0n) is 9.09. The monoisotopic (exact) mass is 187 g/mol. The summed E-state index contributed by atoms with van der Waals surface area (Å²) in [6.45, 7) is 17.5. The number of nitrogens with zero attached hydrogens (tertiary/aromatic N) is 1. The van der Waals surface area contributed by atoms with Gasteiger partial charge in [0.05, 0.1) is 0 Å². The lowest BCUT2D eigenvalue weighted by Crippen LogP contribution is -2.25. The lowest BCUT2D eigenvalue weighted by atomic mass is 10.3. The van der Waals surface area contributed by atoms with E-state index in [0.717, 1.165) is 13.1 Å². The van der Waals surface area contributed by atoms with Crippen molar-refractivity contribution < 1.29 is 0 Å². The molecule has 1 unspecified atom stereocenters. The molecule has 1 atom stereocenters. The van der Waals surface area contributed by atoms with Crippen molar-refractivity contribution in [2.24, 2.45) is 0 Å². The Hall–Kier alpha value is 0.130. The fraction of sp³-hybridized carbons (Fsp3) is 0.800. The van der Waals surface area contributed by atoms with Crippen LogP contribution in [-0.2, 0) is 0 Å². The first-order valence-electron chi connectivity index (χ1n) is 4.64. The molecule has 0 bridgehead atoms. The molecule has 0 aromatic rings. The van der Waals surface area contributed by atoms with Crippen molar-refractivity contribution in [3.8, 4) is 0 Å². The van der Waals surface area contributed by atoms with E-state index in [2.05, 4.69) is 51.7 Å². The molecule has 0 spiro atoms. The van der Waals surface area contributed by atoms with Crippen molar-refractivity contribution in [3.05, 3.63) is 12.4 Å². The molecule has 0 rings (SSSR count). The van der Waals surface area contributed by atoms with Crippen molar-refractivity contribution >= 4 is 8.07 Å². The molecule has 72 valence electrons. The van der Waals surface area contributed by atoms with Crippen molar-refractivity contribution in [1.29, 1.82) is 0 Å². The van der Waals surface area contributed by atoms with Crippen LogP contribution in [0.3, 0.4) is 0 Å². The number of hydrogen-bond acceptors (Lipinski definition) is 1. The van der Waals surface area contributed by atoms with Crippen LogP contribution in [0.1, 0.15) is 34.6 Å². The second-order valence-electron chi connectivity index (χ2n) is 3.84. The molecule has 0 aliphatic heterocycles. The highest BCUT2D eigenvalue weighted by atomic mass is 31.1. The number of rotatable bonds is 4. The minimum Gasteiger partial charge on any atom is -0.279 e. The Kier molecular flexibility index (Phi) is 5.04. The van der Waals surface area contributed by atoms with E-state index >= 15 is 0 Å². The normalized spacial score (nSPS) is 14.8. The Balaban J connectivity index is 4.41. The first kappa shape index (κ1) is 12.1. The minimum atomic E-state index is -0.166. The van der Waals surface area contributed by atoms with Crippen molar-refractivity contribution in [1.82, 2.24) is 4.67 Å². The van der Waals surface area contributed by atoms with Gasteiger partial charge < -0.3 is 0 Å². The third-order valence-corrected chi connectivity index (χ3v) is 4.79. The number of hydrogen-bond donors (Lipinski definition) is 0. The van der Waals surface area contributed by atoms with Gasteiger partial charge in [-0.25, -0.2) is 0 Å². The molecule has 0 aromatic carbocycles. The van der Waals surface area contributed by atoms with Crippen LogP contribution < -0.4 is 0 Å². The standard InChI is InChI=1S/C10H22NP/c1-7-11(8-2)12(9-3)10(4,5)6/h9H,3,7-8H2,1-2,4-6H3. The average molecular weight is 187 g/mol. The van der Waals surface area contributed by atoms with Gasteiger partial charge in [0.25, 0.3) is 0 Å². The molecule has 12 heavy (non-hydrogen) atoms. The van der Waals surface area contributed by atoms with Gasteiger partial charge in [0.15, 0.2) is 0 Å². The molecule has 0 radical (unpaired) electrons. The molecule has 0 fully saturated rings. The molecule has 0 aromatic heterocycles. The third-order valence-electron chi connectivity index (χ3n) is 1.90. The highest BCUT2D eigenvalue weighted by Crippen LogP contribution is 2.52. The van der Waals surface area contributed by atoms with E-state index in [4.69, 9.17) is 0 Å². The van der Waals surface area contributed by atoms with Gasteiger partial charge in [-0.1, -0.05) is 47.0 Å². The fourth-order valence-electron chi connectivity index (χ4n) is 1.34. The predicted octanol–water partition coefficient (Wildman–Crippen LogP) is 3.67. The van der Waals surface area contributed by atoms with Gasteiger partial charge >= 0.3 is 0 Å².